The van der Waals surface area contributed by atoms with Crippen molar-refractivity contribution in [2.45, 2.75) is 41.5 Å². The first-order valence-electron chi connectivity index (χ1n) is 11.3. The third-order valence-electron chi connectivity index (χ3n) is 5.77. The van der Waals surface area contributed by atoms with Gasteiger partial charge in [-0.3, -0.25) is 4.99 Å². The molecule has 178 valence electrons. The van der Waals surface area contributed by atoms with Gasteiger partial charge < -0.3 is 25.3 Å². The molecule has 0 aliphatic carbocycles. The van der Waals surface area contributed by atoms with E-state index in [1.54, 1.807) is 13.3 Å². The number of fused-ring (bicyclic) bond motifs is 3. The summed E-state index contributed by atoms with van der Waals surface area (Å²) < 4.78 is 11.2. The number of anilines is 1. The number of H-pyrrole nitrogens is 1. The topological polar surface area (TPSA) is 127 Å². The highest BCUT2D eigenvalue weighted by Crippen LogP contribution is 2.40. The molecule has 0 saturated heterocycles. The first-order chi connectivity index (χ1) is 16.2. The van der Waals surface area contributed by atoms with Gasteiger partial charge in [0.1, 0.15) is 28.8 Å². The Hall–Kier alpha value is -3.88. The monoisotopic (exact) mass is 461 g/mol. The van der Waals surface area contributed by atoms with Gasteiger partial charge in [-0.15, -0.1) is 0 Å². The molecule has 0 aliphatic rings. The minimum absolute atomic E-state index is 0.143. The molecule has 0 fully saturated rings. The van der Waals surface area contributed by atoms with Gasteiger partial charge in [0.2, 0.25) is 0 Å². The van der Waals surface area contributed by atoms with Gasteiger partial charge in [-0.2, -0.15) is 0 Å². The smallest absolute Gasteiger partial charge is 0.144 e. The van der Waals surface area contributed by atoms with Gasteiger partial charge in [0.15, 0.2) is 0 Å². The Morgan fingerprint density at radius 1 is 1.26 bits per heavy atom. The van der Waals surface area contributed by atoms with E-state index in [0.29, 0.717) is 29.6 Å². The third-order valence-corrected chi connectivity index (χ3v) is 5.77. The maximum absolute atomic E-state index is 6.41. The van der Waals surface area contributed by atoms with Gasteiger partial charge >= 0.3 is 0 Å². The van der Waals surface area contributed by atoms with E-state index < -0.39 is 0 Å². The molecule has 0 saturated carbocycles. The summed E-state index contributed by atoms with van der Waals surface area (Å²) in [6.45, 7) is 12.4. The van der Waals surface area contributed by atoms with E-state index in [2.05, 4.69) is 25.4 Å². The molecule has 0 spiro atoms. The average Bonchev–Trinajstić information content (AvgIpc) is 3.32. The lowest BCUT2D eigenvalue weighted by molar-refractivity contribution is 0.393. The Balaban J connectivity index is 1.97. The largest absolute Gasteiger partial charge is 0.496 e. The van der Waals surface area contributed by atoms with E-state index in [9.17, 15) is 0 Å². The van der Waals surface area contributed by atoms with Crippen molar-refractivity contribution < 1.29 is 9.26 Å². The first kappa shape index (κ1) is 23.3. The second-order valence-corrected chi connectivity index (χ2v) is 8.54. The summed E-state index contributed by atoms with van der Waals surface area (Å²) in [5.41, 5.74) is 12.1. The molecular formula is C25H31N7O2. The predicted octanol–water partition coefficient (Wildman–Crippen LogP) is 5.03. The number of allylic oxidation sites excluding steroid dienone is 2. The summed E-state index contributed by atoms with van der Waals surface area (Å²) in [6.07, 6.45) is 1.77. The highest BCUT2D eigenvalue weighted by atomic mass is 16.5. The fourth-order valence-corrected chi connectivity index (χ4v) is 4.06. The molecule has 3 aromatic heterocycles. The van der Waals surface area contributed by atoms with Crippen molar-refractivity contribution in [3.05, 3.63) is 40.8 Å². The van der Waals surface area contributed by atoms with Crippen LogP contribution in [-0.4, -0.2) is 40.0 Å². The Kier molecular flexibility index (Phi) is 6.28. The second kappa shape index (κ2) is 9.17. The molecule has 0 radical (unpaired) electrons. The van der Waals surface area contributed by atoms with E-state index in [0.717, 1.165) is 50.2 Å². The van der Waals surface area contributed by atoms with Crippen LogP contribution in [0.1, 0.15) is 38.0 Å². The Morgan fingerprint density at radius 2 is 2.03 bits per heavy atom. The number of aryl methyl sites for hydroxylation is 3. The summed E-state index contributed by atoms with van der Waals surface area (Å²) in [5, 5.41) is 9.31. The number of nitrogens with zero attached hydrogens (tertiary/aromatic N) is 4. The van der Waals surface area contributed by atoms with Crippen molar-refractivity contribution in [3.8, 4) is 16.9 Å². The molecule has 9 heteroatoms. The highest BCUT2D eigenvalue weighted by molar-refractivity contribution is 6.13. The van der Waals surface area contributed by atoms with Gasteiger partial charge in [0.05, 0.1) is 29.5 Å². The SMILES string of the molecule is CCN=CC(Nc1nc(C)nc2[nH]c3cc(-c4c(C)noc4C)c(OC)cc3c12)=C(N)C(C)C. The molecule has 0 bridgehead atoms. The van der Waals surface area contributed by atoms with E-state index in [1.807, 2.05) is 53.7 Å². The fourth-order valence-electron chi connectivity index (χ4n) is 4.06. The fraction of sp³-hybridized carbons (Fsp3) is 0.360. The van der Waals surface area contributed by atoms with Gasteiger partial charge in [-0.1, -0.05) is 19.0 Å². The van der Waals surface area contributed by atoms with Crippen molar-refractivity contribution in [2.24, 2.45) is 16.6 Å². The zero-order valence-corrected chi connectivity index (χ0v) is 20.7. The van der Waals surface area contributed by atoms with Gasteiger partial charge in [-0.05, 0) is 45.7 Å². The zero-order chi connectivity index (χ0) is 24.6. The Labute approximate surface area is 198 Å². The van der Waals surface area contributed by atoms with Crippen LogP contribution in [0.5, 0.6) is 5.75 Å². The first-order valence-corrected chi connectivity index (χ1v) is 11.3. The Bertz CT molecular complexity index is 1410. The number of hydrogen-bond donors (Lipinski definition) is 3. The molecule has 9 nitrogen and oxygen atoms in total. The predicted molar refractivity (Wildman–Crippen MR) is 136 cm³/mol. The van der Waals surface area contributed by atoms with Gasteiger partial charge in [0.25, 0.3) is 0 Å². The van der Waals surface area contributed by atoms with Crippen LogP contribution in [0.3, 0.4) is 0 Å². The summed E-state index contributed by atoms with van der Waals surface area (Å²) >= 11 is 0. The normalized spacial score (nSPS) is 12.8. The minimum Gasteiger partial charge on any atom is -0.496 e. The number of benzene rings is 1. The summed E-state index contributed by atoms with van der Waals surface area (Å²) in [6, 6.07) is 4.04. The lowest BCUT2D eigenvalue weighted by Gasteiger charge is -2.14. The number of hydrogen-bond acceptors (Lipinski definition) is 8. The van der Waals surface area contributed by atoms with Crippen LogP contribution in [-0.2, 0) is 0 Å². The molecule has 1 aromatic carbocycles. The second-order valence-electron chi connectivity index (χ2n) is 8.54. The van der Waals surface area contributed by atoms with Crippen LogP contribution in [0.15, 0.2) is 33.0 Å². The van der Waals surface area contributed by atoms with Crippen molar-refractivity contribution in [3.63, 3.8) is 0 Å². The number of aromatic amines is 1. The van der Waals surface area contributed by atoms with Crippen LogP contribution < -0.4 is 15.8 Å². The molecule has 0 aliphatic heterocycles. The van der Waals surface area contributed by atoms with Crippen molar-refractivity contribution in [1.29, 1.82) is 0 Å². The zero-order valence-electron chi connectivity index (χ0n) is 20.7. The molecule has 4 aromatic rings. The van der Waals surface area contributed by atoms with Crippen molar-refractivity contribution in [1.82, 2.24) is 20.1 Å². The third kappa shape index (κ3) is 4.09. The highest BCUT2D eigenvalue weighted by Gasteiger charge is 2.21. The molecular weight excluding hydrogens is 430 g/mol. The molecule has 0 amide bonds. The van der Waals surface area contributed by atoms with Crippen molar-refractivity contribution in [2.75, 3.05) is 19.0 Å². The molecule has 4 rings (SSSR count). The van der Waals surface area contributed by atoms with Crippen LogP contribution >= 0.6 is 0 Å². The van der Waals surface area contributed by atoms with Crippen molar-refractivity contribution >= 4 is 34.0 Å². The number of aliphatic imine (C=N–C) groups is 1. The quantitative estimate of drug-likeness (QED) is 0.329. The number of nitrogens with one attached hydrogen (secondary N) is 2. The average molecular weight is 462 g/mol. The number of rotatable bonds is 7. The molecule has 0 atom stereocenters. The van der Waals surface area contributed by atoms with Crippen LogP contribution in [0.2, 0.25) is 0 Å². The molecule has 4 N–H and O–H groups in total. The van der Waals surface area contributed by atoms with Crippen LogP contribution in [0.4, 0.5) is 5.82 Å². The maximum atomic E-state index is 6.41. The summed E-state index contributed by atoms with van der Waals surface area (Å²) in [7, 11) is 1.66. The van der Waals surface area contributed by atoms with Gasteiger partial charge in [0, 0.05) is 34.9 Å². The standard InChI is InChI=1S/C25H31N7O2/c1-8-27-11-19(23(26)12(2)3)31-25-22-16-10-20(33-7)17(21-13(4)32-34-14(21)5)9-18(16)30-24(22)28-15(6)29-25/h9-12H,8,26H2,1-7H3,(H2,28,29,30,31). The number of methoxy groups -OCH3 is 1. The number of ether oxygens (including phenoxy) is 1. The van der Waals surface area contributed by atoms with E-state index in [1.165, 1.54) is 0 Å². The number of nitrogens with two attached hydrogens (primary N) is 1. The van der Waals surface area contributed by atoms with E-state index in [4.69, 9.17) is 20.0 Å². The molecule has 0 unspecified atom stereocenters. The summed E-state index contributed by atoms with van der Waals surface area (Å²) in [5.74, 6) is 2.87. The Morgan fingerprint density at radius 3 is 2.65 bits per heavy atom. The summed E-state index contributed by atoms with van der Waals surface area (Å²) in [4.78, 5) is 17.2. The van der Waals surface area contributed by atoms with E-state index in [-0.39, 0.29) is 5.92 Å². The minimum atomic E-state index is 0.143. The molecule has 3 heterocycles. The van der Waals surface area contributed by atoms with Gasteiger partial charge in [-0.25, -0.2) is 9.97 Å². The maximum Gasteiger partial charge on any atom is 0.144 e. The lowest BCUT2D eigenvalue weighted by Crippen LogP contribution is -2.16. The van der Waals surface area contributed by atoms with Crippen LogP contribution in [0.25, 0.3) is 33.1 Å². The van der Waals surface area contributed by atoms with E-state index >= 15 is 0 Å². The lowest BCUT2D eigenvalue weighted by atomic mass is 10.0. The molecule has 34 heavy (non-hydrogen) atoms. The van der Waals surface area contributed by atoms with Crippen LogP contribution in [0, 0.1) is 26.7 Å². The number of aromatic nitrogens is 4.